The van der Waals surface area contributed by atoms with Gasteiger partial charge in [-0.2, -0.15) is 8.42 Å². The van der Waals surface area contributed by atoms with Gasteiger partial charge in [0.2, 0.25) is 0 Å². The molecule has 0 aliphatic rings. The van der Waals surface area contributed by atoms with Crippen LogP contribution in [0.5, 0.6) is 0 Å². The summed E-state index contributed by atoms with van der Waals surface area (Å²) in [4.78, 5) is 6.64. The van der Waals surface area contributed by atoms with E-state index in [0.717, 1.165) is 0 Å². The lowest BCUT2D eigenvalue weighted by Crippen LogP contribution is -2.14. The van der Waals surface area contributed by atoms with Crippen LogP contribution in [0.1, 0.15) is 12.7 Å². The second-order valence-electron chi connectivity index (χ2n) is 3.90. The Morgan fingerprint density at radius 3 is 2.35 bits per heavy atom. The molecule has 0 atom stereocenters. The van der Waals surface area contributed by atoms with E-state index in [9.17, 15) is 8.42 Å². The number of rotatable bonds is 4. The van der Waals surface area contributed by atoms with E-state index in [-0.39, 0.29) is 20.8 Å². The Morgan fingerprint density at radius 2 is 1.85 bits per heavy atom. The third kappa shape index (κ3) is 3.20. The highest BCUT2D eigenvalue weighted by molar-refractivity contribution is 7.92. The fraction of sp³-hybridized carbons (Fsp3) is 0.182. The predicted molar refractivity (Wildman–Crippen MR) is 80.2 cm³/mol. The Hall–Kier alpha value is -0.950. The summed E-state index contributed by atoms with van der Waals surface area (Å²) in [5, 5.41) is 0.483. The number of imidazole rings is 1. The SMILES string of the molecule is CCc1ncc(S(=O)(=O)Nc2c(Cl)cc(Cl)cc2Cl)[nH]1. The number of anilines is 1. The predicted octanol–water partition coefficient (Wildman–Crippen LogP) is 3.73. The molecule has 108 valence electrons. The Bertz CT molecular complexity index is 720. The van der Waals surface area contributed by atoms with Crippen LogP contribution in [-0.2, 0) is 16.4 Å². The number of hydrogen-bond donors (Lipinski definition) is 2. The Labute approximate surface area is 131 Å². The number of hydrogen-bond acceptors (Lipinski definition) is 3. The molecule has 0 fully saturated rings. The fourth-order valence-corrected chi connectivity index (χ4v) is 3.55. The van der Waals surface area contributed by atoms with E-state index in [1.54, 1.807) is 0 Å². The van der Waals surface area contributed by atoms with Crippen molar-refractivity contribution in [2.24, 2.45) is 0 Å². The van der Waals surface area contributed by atoms with Crippen molar-refractivity contribution < 1.29 is 8.42 Å². The van der Waals surface area contributed by atoms with E-state index < -0.39 is 10.0 Å². The topological polar surface area (TPSA) is 74.8 Å². The lowest BCUT2D eigenvalue weighted by Gasteiger charge is -2.10. The summed E-state index contributed by atoms with van der Waals surface area (Å²) >= 11 is 17.6. The summed E-state index contributed by atoms with van der Waals surface area (Å²) in [7, 11) is -3.84. The van der Waals surface area contributed by atoms with Crippen LogP contribution >= 0.6 is 34.8 Å². The molecule has 2 N–H and O–H groups in total. The average molecular weight is 355 g/mol. The zero-order valence-electron chi connectivity index (χ0n) is 10.2. The lowest BCUT2D eigenvalue weighted by atomic mass is 10.3. The van der Waals surface area contributed by atoms with Gasteiger partial charge in [0.1, 0.15) is 5.82 Å². The van der Waals surface area contributed by atoms with Crippen LogP contribution in [0.15, 0.2) is 23.4 Å². The molecular formula is C11H10Cl3N3O2S. The summed E-state index contributed by atoms with van der Waals surface area (Å²) in [6.07, 6.45) is 1.83. The molecule has 0 aliphatic heterocycles. The number of sulfonamides is 1. The van der Waals surface area contributed by atoms with Gasteiger partial charge in [-0.1, -0.05) is 41.7 Å². The van der Waals surface area contributed by atoms with Gasteiger partial charge in [-0.15, -0.1) is 0 Å². The molecule has 0 spiro atoms. The van der Waals surface area contributed by atoms with Crippen molar-refractivity contribution >= 4 is 50.5 Å². The number of benzene rings is 1. The Kier molecular flexibility index (Phi) is 4.49. The molecule has 0 saturated heterocycles. The van der Waals surface area contributed by atoms with E-state index in [1.807, 2.05) is 6.92 Å². The summed E-state index contributed by atoms with van der Waals surface area (Å²) in [5.74, 6) is 0.568. The van der Waals surface area contributed by atoms with Crippen molar-refractivity contribution in [3.63, 3.8) is 0 Å². The zero-order valence-corrected chi connectivity index (χ0v) is 13.3. The number of nitrogens with zero attached hydrogens (tertiary/aromatic N) is 1. The molecule has 1 aromatic carbocycles. The van der Waals surface area contributed by atoms with Crippen molar-refractivity contribution in [3.05, 3.63) is 39.2 Å². The average Bonchev–Trinajstić information content (AvgIpc) is 2.83. The highest BCUT2D eigenvalue weighted by Gasteiger charge is 2.20. The largest absolute Gasteiger partial charge is 0.332 e. The molecule has 0 aliphatic carbocycles. The van der Waals surface area contributed by atoms with Crippen molar-refractivity contribution in [3.8, 4) is 0 Å². The number of halogens is 3. The Balaban J connectivity index is 2.38. The molecule has 9 heteroatoms. The van der Waals surface area contributed by atoms with Crippen LogP contribution in [-0.4, -0.2) is 18.4 Å². The van der Waals surface area contributed by atoms with Crippen molar-refractivity contribution in [1.29, 1.82) is 0 Å². The Morgan fingerprint density at radius 1 is 1.25 bits per heavy atom. The molecule has 20 heavy (non-hydrogen) atoms. The maximum atomic E-state index is 12.2. The number of nitrogens with one attached hydrogen (secondary N) is 2. The minimum absolute atomic E-state index is 0.0589. The van der Waals surface area contributed by atoms with Crippen molar-refractivity contribution in [1.82, 2.24) is 9.97 Å². The van der Waals surface area contributed by atoms with Gasteiger partial charge in [-0.25, -0.2) is 4.98 Å². The highest BCUT2D eigenvalue weighted by atomic mass is 35.5. The lowest BCUT2D eigenvalue weighted by molar-refractivity contribution is 0.598. The summed E-state index contributed by atoms with van der Waals surface area (Å²) in [6, 6.07) is 2.80. The van der Waals surface area contributed by atoms with Crippen LogP contribution < -0.4 is 4.72 Å². The fourth-order valence-electron chi connectivity index (χ4n) is 1.49. The minimum atomic E-state index is -3.84. The smallest absolute Gasteiger partial charge is 0.279 e. The highest BCUT2D eigenvalue weighted by Crippen LogP contribution is 2.34. The van der Waals surface area contributed by atoms with Gasteiger partial charge in [0.25, 0.3) is 10.0 Å². The number of H-pyrrole nitrogens is 1. The molecule has 2 aromatic rings. The molecule has 1 aromatic heterocycles. The quantitative estimate of drug-likeness (QED) is 0.878. The maximum absolute atomic E-state index is 12.2. The second-order valence-corrected chi connectivity index (χ2v) is 6.80. The minimum Gasteiger partial charge on any atom is -0.332 e. The monoisotopic (exact) mass is 353 g/mol. The number of aromatic amines is 1. The molecule has 0 amide bonds. The summed E-state index contributed by atoms with van der Waals surface area (Å²) in [6.45, 7) is 1.86. The van der Waals surface area contributed by atoms with Gasteiger partial charge in [0.15, 0.2) is 5.03 Å². The van der Waals surface area contributed by atoms with Gasteiger partial charge in [0.05, 0.1) is 21.9 Å². The van der Waals surface area contributed by atoms with Gasteiger partial charge in [0, 0.05) is 11.4 Å². The summed E-state index contributed by atoms with van der Waals surface area (Å²) < 4.78 is 26.7. The second kappa shape index (κ2) is 5.81. The molecule has 0 bridgehead atoms. The summed E-state index contributed by atoms with van der Waals surface area (Å²) in [5.41, 5.74) is 0.0744. The number of aromatic nitrogens is 2. The van der Waals surface area contributed by atoms with E-state index in [0.29, 0.717) is 17.3 Å². The van der Waals surface area contributed by atoms with E-state index in [2.05, 4.69) is 14.7 Å². The molecule has 0 radical (unpaired) electrons. The third-order valence-corrected chi connectivity index (χ3v) is 4.55. The maximum Gasteiger partial charge on any atom is 0.279 e. The molecular weight excluding hydrogens is 345 g/mol. The zero-order chi connectivity index (χ0) is 14.9. The first kappa shape index (κ1) is 15.4. The first-order chi connectivity index (χ1) is 9.33. The number of aryl methyl sites for hydroxylation is 1. The van der Waals surface area contributed by atoms with Gasteiger partial charge >= 0.3 is 0 Å². The first-order valence-corrected chi connectivity index (χ1v) is 8.16. The first-order valence-electron chi connectivity index (χ1n) is 5.54. The van der Waals surface area contributed by atoms with Crippen LogP contribution in [0.25, 0.3) is 0 Å². The van der Waals surface area contributed by atoms with Crippen LogP contribution in [0.2, 0.25) is 15.1 Å². The molecule has 0 unspecified atom stereocenters. The van der Waals surface area contributed by atoms with Gasteiger partial charge in [-0.05, 0) is 12.1 Å². The van der Waals surface area contributed by atoms with Gasteiger partial charge in [-0.3, -0.25) is 4.72 Å². The molecule has 0 saturated carbocycles. The van der Waals surface area contributed by atoms with E-state index >= 15 is 0 Å². The molecule has 1 heterocycles. The van der Waals surface area contributed by atoms with Crippen molar-refractivity contribution in [2.75, 3.05) is 4.72 Å². The molecule has 2 rings (SSSR count). The standard InChI is InChI=1S/C11H10Cl3N3O2S/c1-2-9-15-5-10(16-9)20(18,19)17-11-7(13)3-6(12)4-8(11)14/h3-5,17H,2H2,1H3,(H,15,16). The molecule has 5 nitrogen and oxygen atoms in total. The van der Waals surface area contributed by atoms with Crippen LogP contribution in [0.3, 0.4) is 0 Å². The third-order valence-electron chi connectivity index (χ3n) is 2.47. The normalized spacial score (nSPS) is 11.6. The van der Waals surface area contributed by atoms with Crippen molar-refractivity contribution in [2.45, 2.75) is 18.4 Å². The van der Waals surface area contributed by atoms with Crippen LogP contribution in [0, 0.1) is 0 Å². The van der Waals surface area contributed by atoms with E-state index in [1.165, 1.54) is 18.3 Å². The van der Waals surface area contributed by atoms with Gasteiger partial charge < -0.3 is 4.98 Å². The van der Waals surface area contributed by atoms with E-state index in [4.69, 9.17) is 34.8 Å². The van der Waals surface area contributed by atoms with Crippen LogP contribution in [0.4, 0.5) is 5.69 Å².